The lowest BCUT2D eigenvalue weighted by Gasteiger charge is -2.18. The van der Waals surface area contributed by atoms with Crippen molar-refractivity contribution in [3.05, 3.63) is 11.6 Å². The average Bonchev–Trinajstić information content (AvgIpc) is 2.51. The van der Waals surface area contributed by atoms with E-state index in [1.807, 2.05) is 0 Å². The second-order valence-corrected chi connectivity index (χ2v) is 3.95. The monoisotopic (exact) mass is 181 g/mol. The molecule has 0 aromatic heterocycles. The van der Waals surface area contributed by atoms with Crippen LogP contribution in [0.15, 0.2) is 11.6 Å². The summed E-state index contributed by atoms with van der Waals surface area (Å²) in [5, 5.41) is 0. The fourth-order valence-electron chi connectivity index (χ4n) is 1.80. The first-order valence-electron chi connectivity index (χ1n) is 5.06. The summed E-state index contributed by atoms with van der Waals surface area (Å²) >= 11 is 0. The van der Waals surface area contributed by atoms with Gasteiger partial charge in [-0.15, -0.1) is 0 Å². The van der Waals surface area contributed by atoms with Gasteiger partial charge in [-0.3, -0.25) is 4.90 Å². The number of allylic oxidation sites excluding steroid dienone is 1. The fourth-order valence-corrected chi connectivity index (χ4v) is 1.80. The van der Waals surface area contributed by atoms with Crippen LogP contribution in [0.2, 0.25) is 0 Å². The zero-order valence-corrected chi connectivity index (χ0v) is 8.62. The average molecular weight is 181 g/mol. The summed E-state index contributed by atoms with van der Waals surface area (Å²) in [6, 6.07) is 0.200. The number of carbonyl (C=O) groups is 1. The fraction of sp³-hybridized carbons (Fsp3) is 0.727. The van der Waals surface area contributed by atoms with Crippen molar-refractivity contribution in [1.29, 1.82) is 0 Å². The Morgan fingerprint density at radius 2 is 2.31 bits per heavy atom. The Morgan fingerprint density at radius 1 is 1.54 bits per heavy atom. The number of aldehydes is 1. The first-order chi connectivity index (χ1) is 6.24. The molecule has 1 atom stereocenters. The molecule has 1 fully saturated rings. The van der Waals surface area contributed by atoms with Gasteiger partial charge in [-0.1, -0.05) is 11.6 Å². The van der Waals surface area contributed by atoms with Gasteiger partial charge in [0.1, 0.15) is 6.29 Å². The van der Waals surface area contributed by atoms with Crippen molar-refractivity contribution in [3.8, 4) is 0 Å². The van der Waals surface area contributed by atoms with Gasteiger partial charge in [-0.2, -0.15) is 0 Å². The molecule has 0 aromatic rings. The standard InChI is InChI=1S/C11H19NO/c1-10(2)5-3-7-12-8-4-6-11(12)9-13/h5,9,11H,3-4,6-8H2,1-2H3. The minimum atomic E-state index is 0.200. The van der Waals surface area contributed by atoms with Gasteiger partial charge in [0.2, 0.25) is 0 Å². The van der Waals surface area contributed by atoms with Crippen LogP contribution in [0.3, 0.4) is 0 Å². The molecule has 0 aromatic carbocycles. The van der Waals surface area contributed by atoms with Gasteiger partial charge in [0, 0.05) is 6.54 Å². The van der Waals surface area contributed by atoms with Gasteiger partial charge in [-0.05, 0) is 39.7 Å². The first-order valence-corrected chi connectivity index (χ1v) is 5.06. The lowest BCUT2D eigenvalue weighted by molar-refractivity contribution is -0.111. The second kappa shape index (κ2) is 5.18. The smallest absolute Gasteiger partial charge is 0.137 e. The van der Waals surface area contributed by atoms with Crippen molar-refractivity contribution < 1.29 is 4.79 Å². The van der Waals surface area contributed by atoms with Crippen LogP contribution in [0.1, 0.15) is 33.1 Å². The summed E-state index contributed by atoms with van der Waals surface area (Å²) < 4.78 is 0. The molecule has 0 amide bonds. The van der Waals surface area contributed by atoms with E-state index in [-0.39, 0.29) is 6.04 Å². The third-order valence-corrected chi connectivity index (χ3v) is 2.54. The molecule has 0 spiro atoms. The molecule has 1 aliphatic rings. The highest BCUT2D eigenvalue weighted by Crippen LogP contribution is 2.15. The SMILES string of the molecule is CC(C)=CCCN1CCCC1C=O. The molecule has 1 heterocycles. The van der Waals surface area contributed by atoms with Gasteiger partial charge in [0.25, 0.3) is 0 Å². The molecule has 1 aliphatic heterocycles. The molecule has 1 unspecified atom stereocenters. The highest BCUT2D eigenvalue weighted by atomic mass is 16.1. The molecule has 0 N–H and O–H groups in total. The van der Waals surface area contributed by atoms with E-state index in [1.54, 1.807) is 0 Å². The van der Waals surface area contributed by atoms with E-state index >= 15 is 0 Å². The number of hydrogen-bond acceptors (Lipinski definition) is 2. The molecule has 1 saturated heterocycles. The highest BCUT2D eigenvalue weighted by Gasteiger charge is 2.22. The molecule has 2 nitrogen and oxygen atoms in total. The van der Waals surface area contributed by atoms with Crippen LogP contribution in [0.25, 0.3) is 0 Å². The summed E-state index contributed by atoms with van der Waals surface area (Å²) in [6.45, 7) is 6.36. The van der Waals surface area contributed by atoms with E-state index in [1.165, 1.54) is 12.0 Å². The summed E-state index contributed by atoms with van der Waals surface area (Å²) in [5.74, 6) is 0. The van der Waals surface area contributed by atoms with Gasteiger partial charge >= 0.3 is 0 Å². The largest absolute Gasteiger partial charge is 0.302 e. The van der Waals surface area contributed by atoms with E-state index in [9.17, 15) is 4.79 Å². The van der Waals surface area contributed by atoms with Crippen LogP contribution in [-0.4, -0.2) is 30.3 Å². The third kappa shape index (κ3) is 3.31. The van der Waals surface area contributed by atoms with Crippen molar-refractivity contribution in [2.75, 3.05) is 13.1 Å². The normalized spacial score (nSPS) is 23.1. The van der Waals surface area contributed by atoms with Crippen molar-refractivity contribution in [3.63, 3.8) is 0 Å². The number of likely N-dealkylation sites (tertiary alicyclic amines) is 1. The van der Waals surface area contributed by atoms with Crippen molar-refractivity contribution in [1.82, 2.24) is 4.90 Å². The van der Waals surface area contributed by atoms with Gasteiger partial charge in [0.05, 0.1) is 6.04 Å². The molecule has 0 saturated carbocycles. The zero-order valence-electron chi connectivity index (χ0n) is 8.62. The number of rotatable bonds is 4. The van der Waals surface area contributed by atoms with Crippen LogP contribution < -0.4 is 0 Å². The predicted octanol–water partition coefficient (Wildman–Crippen LogP) is 2.01. The summed E-state index contributed by atoms with van der Waals surface area (Å²) in [7, 11) is 0. The van der Waals surface area contributed by atoms with Gasteiger partial charge in [-0.25, -0.2) is 0 Å². The summed E-state index contributed by atoms with van der Waals surface area (Å²) in [5.41, 5.74) is 1.36. The second-order valence-electron chi connectivity index (χ2n) is 3.95. The van der Waals surface area contributed by atoms with Crippen molar-refractivity contribution in [2.24, 2.45) is 0 Å². The Bertz CT molecular complexity index is 194. The lowest BCUT2D eigenvalue weighted by Crippen LogP contribution is -2.31. The predicted molar refractivity (Wildman–Crippen MR) is 54.7 cm³/mol. The Hall–Kier alpha value is -0.630. The number of hydrogen-bond donors (Lipinski definition) is 0. The molecular weight excluding hydrogens is 162 g/mol. The minimum absolute atomic E-state index is 0.200. The van der Waals surface area contributed by atoms with Gasteiger partial charge < -0.3 is 4.79 Å². The maximum absolute atomic E-state index is 10.7. The molecular formula is C11H19NO. The van der Waals surface area contributed by atoms with Crippen LogP contribution >= 0.6 is 0 Å². The Kier molecular flexibility index (Phi) is 4.16. The molecule has 0 radical (unpaired) electrons. The van der Waals surface area contributed by atoms with Crippen LogP contribution in [-0.2, 0) is 4.79 Å². The molecule has 0 bridgehead atoms. The zero-order chi connectivity index (χ0) is 9.68. The Balaban J connectivity index is 2.28. The molecule has 74 valence electrons. The minimum Gasteiger partial charge on any atom is -0.302 e. The van der Waals surface area contributed by atoms with E-state index in [2.05, 4.69) is 24.8 Å². The quantitative estimate of drug-likeness (QED) is 0.488. The molecule has 2 heteroatoms. The molecule has 0 aliphatic carbocycles. The molecule has 13 heavy (non-hydrogen) atoms. The lowest BCUT2D eigenvalue weighted by atomic mass is 10.2. The summed E-state index contributed by atoms with van der Waals surface area (Å²) in [6.07, 6.45) is 6.64. The van der Waals surface area contributed by atoms with E-state index in [0.29, 0.717) is 0 Å². The van der Waals surface area contributed by atoms with E-state index in [4.69, 9.17) is 0 Å². The number of carbonyl (C=O) groups excluding carboxylic acids is 1. The topological polar surface area (TPSA) is 20.3 Å². The third-order valence-electron chi connectivity index (χ3n) is 2.54. The van der Waals surface area contributed by atoms with Crippen molar-refractivity contribution in [2.45, 2.75) is 39.2 Å². The first kappa shape index (κ1) is 10.5. The van der Waals surface area contributed by atoms with E-state index in [0.717, 1.165) is 32.2 Å². The van der Waals surface area contributed by atoms with Crippen LogP contribution in [0, 0.1) is 0 Å². The van der Waals surface area contributed by atoms with Gasteiger partial charge in [0.15, 0.2) is 0 Å². The van der Waals surface area contributed by atoms with Crippen LogP contribution in [0.4, 0.5) is 0 Å². The molecule has 1 rings (SSSR count). The summed E-state index contributed by atoms with van der Waals surface area (Å²) in [4.78, 5) is 12.9. The maximum Gasteiger partial charge on any atom is 0.137 e. The van der Waals surface area contributed by atoms with Crippen LogP contribution in [0.5, 0.6) is 0 Å². The highest BCUT2D eigenvalue weighted by molar-refractivity contribution is 5.58. The number of nitrogens with zero attached hydrogens (tertiary/aromatic N) is 1. The van der Waals surface area contributed by atoms with E-state index < -0.39 is 0 Å². The Labute approximate surface area is 80.6 Å². The Morgan fingerprint density at radius 3 is 2.92 bits per heavy atom. The maximum atomic E-state index is 10.7. The van der Waals surface area contributed by atoms with Crippen molar-refractivity contribution >= 4 is 6.29 Å².